The Balaban J connectivity index is 1.80. The molecule has 3 aromatic rings. The quantitative estimate of drug-likeness (QED) is 0.749. The van der Waals surface area contributed by atoms with E-state index in [0.29, 0.717) is 12.2 Å². The van der Waals surface area contributed by atoms with Crippen LogP contribution in [0, 0.1) is 0 Å². The van der Waals surface area contributed by atoms with Crippen molar-refractivity contribution in [1.29, 1.82) is 0 Å². The van der Waals surface area contributed by atoms with E-state index in [4.69, 9.17) is 0 Å². The molecule has 122 valence electrons. The summed E-state index contributed by atoms with van der Waals surface area (Å²) < 4.78 is 2.02. The Labute approximate surface area is 142 Å². The number of rotatable bonds is 6. The number of amides is 1. The van der Waals surface area contributed by atoms with Gasteiger partial charge in [0.25, 0.3) is 5.91 Å². The van der Waals surface area contributed by atoms with E-state index < -0.39 is 0 Å². The van der Waals surface area contributed by atoms with Gasteiger partial charge in [0.1, 0.15) is 5.69 Å². The number of pyridine rings is 1. The molecule has 1 N–H and O–H groups in total. The van der Waals surface area contributed by atoms with Gasteiger partial charge in [-0.05, 0) is 35.7 Å². The number of carbonyl (C=O) groups is 1. The number of hydrogen-bond donors (Lipinski definition) is 1. The van der Waals surface area contributed by atoms with Gasteiger partial charge in [-0.3, -0.25) is 9.78 Å². The Kier molecular flexibility index (Phi) is 5.06. The first-order valence-electron chi connectivity index (χ1n) is 8.20. The molecule has 0 spiro atoms. The Hall–Kier alpha value is -2.88. The minimum Gasteiger partial charge on any atom is -0.347 e. The lowest BCUT2D eigenvalue weighted by Crippen LogP contribution is -2.25. The lowest BCUT2D eigenvalue weighted by atomic mass is 10.1. The molecular formula is C20H21N3O. The predicted octanol–water partition coefficient (Wildman–Crippen LogP) is 3.89. The van der Waals surface area contributed by atoms with Gasteiger partial charge in [-0.1, -0.05) is 37.3 Å². The van der Waals surface area contributed by atoms with Gasteiger partial charge >= 0.3 is 0 Å². The van der Waals surface area contributed by atoms with E-state index in [1.165, 1.54) is 0 Å². The van der Waals surface area contributed by atoms with Crippen molar-refractivity contribution in [3.63, 3.8) is 0 Å². The summed E-state index contributed by atoms with van der Waals surface area (Å²) in [6.07, 6.45) is 6.54. The number of aromatic nitrogens is 2. The first-order chi connectivity index (χ1) is 11.8. The fourth-order valence-electron chi connectivity index (χ4n) is 2.70. The van der Waals surface area contributed by atoms with Crippen molar-refractivity contribution in [2.45, 2.75) is 26.4 Å². The van der Waals surface area contributed by atoms with Crippen molar-refractivity contribution < 1.29 is 4.79 Å². The van der Waals surface area contributed by atoms with Gasteiger partial charge in [0.05, 0.1) is 0 Å². The summed E-state index contributed by atoms with van der Waals surface area (Å²) in [5, 5.41) is 3.01. The SMILES string of the molecule is CCCn1cc(-c2ccncc2)cc1C(=O)NCc1ccccc1. The van der Waals surface area contributed by atoms with E-state index in [2.05, 4.69) is 17.2 Å². The zero-order chi connectivity index (χ0) is 16.8. The van der Waals surface area contributed by atoms with Crippen molar-refractivity contribution in [3.05, 3.63) is 78.4 Å². The van der Waals surface area contributed by atoms with Gasteiger partial charge in [-0.2, -0.15) is 0 Å². The average molecular weight is 319 g/mol. The number of nitrogens with zero attached hydrogens (tertiary/aromatic N) is 2. The number of nitrogens with one attached hydrogen (secondary N) is 1. The van der Waals surface area contributed by atoms with Crippen LogP contribution in [0.4, 0.5) is 0 Å². The Bertz CT molecular complexity index is 794. The third-order valence-corrected chi connectivity index (χ3v) is 3.90. The molecule has 1 amide bonds. The second-order valence-corrected chi connectivity index (χ2v) is 5.71. The summed E-state index contributed by atoms with van der Waals surface area (Å²) in [4.78, 5) is 16.7. The van der Waals surface area contributed by atoms with Crippen LogP contribution < -0.4 is 5.32 Å². The largest absolute Gasteiger partial charge is 0.347 e. The molecule has 0 saturated carbocycles. The van der Waals surface area contributed by atoms with Crippen LogP contribution in [0.1, 0.15) is 29.4 Å². The molecule has 2 heterocycles. The molecule has 0 radical (unpaired) electrons. The maximum atomic E-state index is 12.6. The second-order valence-electron chi connectivity index (χ2n) is 5.71. The van der Waals surface area contributed by atoms with Gasteiger partial charge in [0.15, 0.2) is 0 Å². The van der Waals surface area contributed by atoms with Gasteiger partial charge in [-0.15, -0.1) is 0 Å². The summed E-state index contributed by atoms with van der Waals surface area (Å²) in [6.45, 7) is 3.46. The van der Waals surface area contributed by atoms with Crippen LogP contribution in [-0.4, -0.2) is 15.5 Å². The minimum absolute atomic E-state index is 0.0485. The topological polar surface area (TPSA) is 46.9 Å². The lowest BCUT2D eigenvalue weighted by molar-refractivity contribution is 0.0941. The monoisotopic (exact) mass is 319 g/mol. The molecule has 4 heteroatoms. The molecule has 0 aliphatic heterocycles. The summed E-state index contributed by atoms with van der Waals surface area (Å²) in [7, 11) is 0. The normalized spacial score (nSPS) is 10.5. The minimum atomic E-state index is -0.0485. The number of carbonyl (C=O) groups excluding carboxylic acids is 1. The second kappa shape index (κ2) is 7.59. The Morgan fingerprint density at radius 3 is 2.54 bits per heavy atom. The fourth-order valence-corrected chi connectivity index (χ4v) is 2.70. The zero-order valence-corrected chi connectivity index (χ0v) is 13.8. The van der Waals surface area contributed by atoms with E-state index >= 15 is 0 Å². The van der Waals surface area contributed by atoms with Crippen molar-refractivity contribution in [1.82, 2.24) is 14.9 Å². The molecule has 0 bridgehead atoms. The van der Waals surface area contributed by atoms with Crippen LogP contribution in [0.3, 0.4) is 0 Å². The molecule has 0 atom stereocenters. The standard InChI is InChI=1S/C20H21N3O/c1-2-12-23-15-18(17-8-10-21-11-9-17)13-19(23)20(24)22-14-16-6-4-3-5-7-16/h3-11,13,15H,2,12,14H2,1H3,(H,22,24). The fraction of sp³-hybridized carbons (Fsp3) is 0.200. The van der Waals surface area contributed by atoms with Crippen LogP contribution >= 0.6 is 0 Å². The molecule has 0 aliphatic carbocycles. The van der Waals surface area contributed by atoms with E-state index in [9.17, 15) is 4.79 Å². The summed E-state index contributed by atoms with van der Waals surface area (Å²) in [5.41, 5.74) is 3.89. The van der Waals surface area contributed by atoms with Gasteiger partial charge in [0, 0.05) is 37.2 Å². The molecule has 2 aromatic heterocycles. The maximum Gasteiger partial charge on any atom is 0.268 e. The first kappa shape index (κ1) is 16.0. The first-order valence-corrected chi connectivity index (χ1v) is 8.20. The highest BCUT2D eigenvalue weighted by molar-refractivity contribution is 5.94. The molecule has 24 heavy (non-hydrogen) atoms. The van der Waals surface area contributed by atoms with Crippen molar-refractivity contribution in [2.75, 3.05) is 0 Å². The van der Waals surface area contributed by atoms with Crippen LogP contribution in [0.15, 0.2) is 67.1 Å². The van der Waals surface area contributed by atoms with Crippen LogP contribution in [0.5, 0.6) is 0 Å². The number of hydrogen-bond acceptors (Lipinski definition) is 2. The lowest BCUT2D eigenvalue weighted by Gasteiger charge is -2.08. The molecule has 3 rings (SSSR count). The van der Waals surface area contributed by atoms with Gasteiger partial charge < -0.3 is 9.88 Å². The van der Waals surface area contributed by atoms with Crippen LogP contribution in [0.25, 0.3) is 11.1 Å². The van der Waals surface area contributed by atoms with Crippen LogP contribution in [-0.2, 0) is 13.1 Å². The average Bonchev–Trinajstić information content (AvgIpc) is 3.06. The molecular weight excluding hydrogens is 298 g/mol. The number of aryl methyl sites for hydroxylation is 1. The molecule has 0 fully saturated rings. The van der Waals surface area contributed by atoms with Crippen LogP contribution in [0.2, 0.25) is 0 Å². The molecule has 0 aliphatic rings. The van der Waals surface area contributed by atoms with E-state index in [-0.39, 0.29) is 5.91 Å². The van der Waals surface area contributed by atoms with Crippen molar-refractivity contribution >= 4 is 5.91 Å². The highest BCUT2D eigenvalue weighted by atomic mass is 16.1. The highest BCUT2D eigenvalue weighted by Crippen LogP contribution is 2.22. The van der Waals surface area contributed by atoms with E-state index in [0.717, 1.165) is 29.7 Å². The highest BCUT2D eigenvalue weighted by Gasteiger charge is 2.14. The smallest absolute Gasteiger partial charge is 0.268 e. The third kappa shape index (κ3) is 3.71. The van der Waals surface area contributed by atoms with Gasteiger partial charge in [-0.25, -0.2) is 0 Å². The van der Waals surface area contributed by atoms with Crippen molar-refractivity contribution in [2.24, 2.45) is 0 Å². The van der Waals surface area contributed by atoms with E-state index in [1.807, 2.05) is 59.3 Å². The van der Waals surface area contributed by atoms with E-state index in [1.54, 1.807) is 12.4 Å². The maximum absolute atomic E-state index is 12.6. The molecule has 4 nitrogen and oxygen atoms in total. The summed E-state index contributed by atoms with van der Waals surface area (Å²) in [6, 6.07) is 15.8. The zero-order valence-electron chi connectivity index (χ0n) is 13.8. The molecule has 0 unspecified atom stereocenters. The molecule has 1 aromatic carbocycles. The third-order valence-electron chi connectivity index (χ3n) is 3.90. The van der Waals surface area contributed by atoms with Crippen molar-refractivity contribution in [3.8, 4) is 11.1 Å². The molecule has 0 saturated heterocycles. The summed E-state index contributed by atoms with van der Waals surface area (Å²) >= 11 is 0. The Morgan fingerprint density at radius 1 is 1.08 bits per heavy atom. The number of benzene rings is 1. The Morgan fingerprint density at radius 2 is 1.83 bits per heavy atom. The predicted molar refractivity (Wildman–Crippen MR) is 95.6 cm³/mol. The summed E-state index contributed by atoms with van der Waals surface area (Å²) in [5.74, 6) is -0.0485. The van der Waals surface area contributed by atoms with Gasteiger partial charge in [0.2, 0.25) is 0 Å².